The Bertz CT molecular complexity index is 1170. The highest BCUT2D eigenvalue weighted by atomic mass is 35.5. The van der Waals surface area contributed by atoms with Crippen molar-refractivity contribution in [3.05, 3.63) is 87.4 Å². The highest BCUT2D eigenvalue weighted by Crippen LogP contribution is 2.32. The molecule has 1 N–H and O–H groups in total. The van der Waals surface area contributed by atoms with E-state index in [9.17, 15) is 13.2 Å². The van der Waals surface area contributed by atoms with Crippen LogP contribution in [-0.4, -0.2) is 20.9 Å². The second-order valence-corrected chi connectivity index (χ2v) is 9.51. The van der Waals surface area contributed by atoms with Gasteiger partial charge in [-0.3, -0.25) is 9.10 Å². The molecule has 0 aliphatic carbocycles. The molecule has 30 heavy (non-hydrogen) atoms. The summed E-state index contributed by atoms with van der Waals surface area (Å²) in [6.45, 7) is 1.24. The molecule has 0 heterocycles. The molecule has 9 heteroatoms. The number of carbonyl (C=O) groups excluding carboxylic acids is 1. The number of nitrogens with zero attached hydrogens (tertiary/aromatic N) is 1. The van der Waals surface area contributed by atoms with Crippen LogP contribution in [0.2, 0.25) is 15.1 Å². The molecule has 0 aliphatic heterocycles. The Balaban J connectivity index is 2.02. The smallest absolute Gasteiger partial charge is 0.264 e. The van der Waals surface area contributed by atoms with Gasteiger partial charge in [-0.2, -0.15) is 0 Å². The molecule has 5 nitrogen and oxygen atoms in total. The van der Waals surface area contributed by atoms with Crippen LogP contribution in [0, 0.1) is 6.92 Å². The van der Waals surface area contributed by atoms with Crippen LogP contribution in [0.1, 0.15) is 5.56 Å². The monoisotopic (exact) mass is 482 g/mol. The summed E-state index contributed by atoms with van der Waals surface area (Å²) in [6, 6.07) is 17.5. The first-order valence-electron chi connectivity index (χ1n) is 8.78. The minimum absolute atomic E-state index is 0.0490. The molecule has 0 aromatic heterocycles. The lowest BCUT2D eigenvalue weighted by Crippen LogP contribution is -2.38. The van der Waals surface area contributed by atoms with E-state index in [1.165, 1.54) is 18.2 Å². The molecule has 0 radical (unpaired) electrons. The molecular formula is C21H17Cl3N2O3S. The van der Waals surface area contributed by atoms with Crippen molar-refractivity contribution in [2.75, 3.05) is 16.2 Å². The van der Waals surface area contributed by atoms with Crippen LogP contribution in [0.4, 0.5) is 11.4 Å². The SMILES string of the molecule is Cc1ccc(Cl)cc1N(CC(=O)Nc1c(Cl)cccc1Cl)S(=O)(=O)c1ccccc1. The van der Waals surface area contributed by atoms with Gasteiger partial charge in [0.2, 0.25) is 5.91 Å². The van der Waals surface area contributed by atoms with E-state index in [4.69, 9.17) is 34.8 Å². The van der Waals surface area contributed by atoms with Gasteiger partial charge in [-0.25, -0.2) is 8.42 Å². The molecule has 0 spiro atoms. The van der Waals surface area contributed by atoms with Crippen LogP contribution < -0.4 is 9.62 Å². The third kappa shape index (κ3) is 4.90. The predicted octanol–water partition coefficient (Wildman–Crippen LogP) is 5.79. The van der Waals surface area contributed by atoms with E-state index in [-0.39, 0.29) is 20.6 Å². The fourth-order valence-electron chi connectivity index (χ4n) is 2.80. The number of carbonyl (C=O) groups is 1. The number of hydrogen-bond donors (Lipinski definition) is 1. The van der Waals surface area contributed by atoms with E-state index >= 15 is 0 Å². The third-order valence-corrected chi connectivity index (χ3v) is 6.92. The van der Waals surface area contributed by atoms with Crippen molar-refractivity contribution >= 4 is 62.1 Å². The van der Waals surface area contributed by atoms with E-state index in [0.717, 1.165) is 4.31 Å². The molecule has 0 unspecified atom stereocenters. The zero-order chi connectivity index (χ0) is 21.9. The van der Waals surface area contributed by atoms with Crippen molar-refractivity contribution in [2.45, 2.75) is 11.8 Å². The predicted molar refractivity (Wildman–Crippen MR) is 122 cm³/mol. The van der Waals surface area contributed by atoms with Crippen LogP contribution in [0.15, 0.2) is 71.6 Å². The van der Waals surface area contributed by atoms with Crippen molar-refractivity contribution in [3.63, 3.8) is 0 Å². The van der Waals surface area contributed by atoms with Gasteiger partial charge < -0.3 is 5.32 Å². The van der Waals surface area contributed by atoms with E-state index < -0.39 is 22.5 Å². The number of halogens is 3. The van der Waals surface area contributed by atoms with Crippen LogP contribution in [0.5, 0.6) is 0 Å². The normalized spacial score (nSPS) is 11.2. The summed E-state index contributed by atoms with van der Waals surface area (Å²) in [6.07, 6.45) is 0. The largest absolute Gasteiger partial charge is 0.322 e. The number of para-hydroxylation sites is 1. The Morgan fingerprint density at radius 1 is 0.933 bits per heavy atom. The van der Waals surface area contributed by atoms with Crippen molar-refractivity contribution in [3.8, 4) is 0 Å². The average molecular weight is 484 g/mol. The highest BCUT2D eigenvalue weighted by Gasteiger charge is 2.28. The fourth-order valence-corrected chi connectivity index (χ4v) is 4.95. The second kappa shape index (κ2) is 9.27. The Labute approximate surface area is 190 Å². The summed E-state index contributed by atoms with van der Waals surface area (Å²) < 4.78 is 27.8. The number of anilines is 2. The number of amides is 1. The van der Waals surface area contributed by atoms with Crippen molar-refractivity contribution in [2.24, 2.45) is 0 Å². The van der Waals surface area contributed by atoms with Crippen LogP contribution >= 0.6 is 34.8 Å². The van der Waals surface area contributed by atoms with E-state index in [2.05, 4.69) is 5.32 Å². The Hall–Kier alpha value is -2.25. The van der Waals surface area contributed by atoms with Gasteiger partial charge in [0, 0.05) is 5.02 Å². The Kier molecular flexibility index (Phi) is 6.93. The van der Waals surface area contributed by atoms with Gasteiger partial charge in [-0.15, -0.1) is 0 Å². The molecule has 3 aromatic rings. The number of benzene rings is 3. The molecule has 0 aliphatic rings. The number of sulfonamides is 1. The lowest BCUT2D eigenvalue weighted by atomic mass is 10.2. The summed E-state index contributed by atoms with van der Waals surface area (Å²) in [7, 11) is -4.05. The summed E-state index contributed by atoms with van der Waals surface area (Å²) >= 11 is 18.3. The maximum absolute atomic E-state index is 13.4. The minimum Gasteiger partial charge on any atom is -0.322 e. The topological polar surface area (TPSA) is 66.5 Å². The maximum Gasteiger partial charge on any atom is 0.264 e. The van der Waals surface area contributed by atoms with Crippen LogP contribution in [0.3, 0.4) is 0 Å². The molecule has 0 saturated heterocycles. The second-order valence-electron chi connectivity index (χ2n) is 6.40. The fraction of sp³-hybridized carbons (Fsp3) is 0.0952. The van der Waals surface area contributed by atoms with Crippen molar-refractivity contribution in [1.29, 1.82) is 0 Å². The minimum atomic E-state index is -4.05. The first kappa shape index (κ1) is 22.4. The summed E-state index contributed by atoms with van der Waals surface area (Å²) in [4.78, 5) is 12.9. The summed E-state index contributed by atoms with van der Waals surface area (Å²) in [5.41, 5.74) is 1.15. The van der Waals surface area contributed by atoms with Gasteiger partial charge in [-0.1, -0.05) is 65.1 Å². The molecule has 3 aromatic carbocycles. The molecule has 156 valence electrons. The molecule has 0 fully saturated rings. The summed E-state index contributed by atoms with van der Waals surface area (Å²) in [5, 5.41) is 3.43. The van der Waals surface area contributed by atoms with Gasteiger partial charge in [0.1, 0.15) is 6.54 Å². The number of aryl methyl sites for hydroxylation is 1. The molecular weight excluding hydrogens is 467 g/mol. The van der Waals surface area contributed by atoms with Gasteiger partial charge in [0.15, 0.2) is 0 Å². The highest BCUT2D eigenvalue weighted by molar-refractivity contribution is 7.92. The molecule has 0 bridgehead atoms. The van der Waals surface area contributed by atoms with Crippen molar-refractivity contribution in [1.82, 2.24) is 0 Å². The number of hydrogen-bond acceptors (Lipinski definition) is 3. The van der Waals surface area contributed by atoms with Crippen LogP contribution in [-0.2, 0) is 14.8 Å². The molecule has 3 rings (SSSR count). The first-order valence-corrected chi connectivity index (χ1v) is 11.4. The standard InChI is InChI=1S/C21H17Cl3N2O3S/c1-14-10-11-15(22)12-19(14)26(30(28,29)16-6-3-2-4-7-16)13-20(27)25-21-17(23)8-5-9-18(21)24/h2-12H,13H2,1H3,(H,25,27). The van der Waals surface area contributed by atoms with Crippen molar-refractivity contribution < 1.29 is 13.2 Å². The molecule has 0 atom stereocenters. The summed E-state index contributed by atoms with van der Waals surface area (Å²) in [5.74, 6) is -0.608. The molecule has 0 saturated carbocycles. The lowest BCUT2D eigenvalue weighted by molar-refractivity contribution is -0.114. The van der Waals surface area contributed by atoms with E-state index in [0.29, 0.717) is 16.3 Å². The number of rotatable bonds is 6. The van der Waals surface area contributed by atoms with E-state index in [1.54, 1.807) is 55.5 Å². The average Bonchev–Trinajstić information content (AvgIpc) is 2.71. The molecule has 1 amide bonds. The zero-order valence-electron chi connectivity index (χ0n) is 15.8. The third-order valence-electron chi connectivity index (χ3n) is 4.29. The first-order chi connectivity index (χ1) is 14.2. The Morgan fingerprint density at radius 3 is 2.20 bits per heavy atom. The van der Waals surface area contributed by atoms with Gasteiger partial charge in [0.05, 0.1) is 26.3 Å². The lowest BCUT2D eigenvalue weighted by Gasteiger charge is -2.26. The number of nitrogens with one attached hydrogen (secondary N) is 1. The Morgan fingerprint density at radius 2 is 1.57 bits per heavy atom. The van der Waals surface area contributed by atoms with Crippen LogP contribution in [0.25, 0.3) is 0 Å². The van der Waals surface area contributed by atoms with Gasteiger partial charge in [-0.05, 0) is 48.9 Å². The van der Waals surface area contributed by atoms with Gasteiger partial charge >= 0.3 is 0 Å². The quantitative estimate of drug-likeness (QED) is 0.482. The zero-order valence-corrected chi connectivity index (χ0v) is 18.9. The van der Waals surface area contributed by atoms with E-state index in [1.807, 2.05) is 0 Å². The maximum atomic E-state index is 13.4. The van der Waals surface area contributed by atoms with Gasteiger partial charge in [0.25, 0.3) is 10.0 Å².